The second-order valence-corrected chi connectivity index (χ2v) is 5.46. The summed E-state index contributed by atoms with van der Waals surface area (Å²) in [6.07, 6.45) is 4.50. The maximum Gasteiger partial charge on any atom is 0.322 e. The zero-order chi connectivity index (χ0) is 13.4. The Morgan fingerprint density at radius 2 is 2.15 bits per heavy atom. The van der Waals surface area contributed by atoms with Crippen LogP contribution in [-0.2, 0) is 6.42 Å². The largest absolute Gasteiger partial charge is 0.406 e. The van der Waals surface area contributed by atoms with Crippen molar-refractivity contribution in [2.75, 3.05) is 18.0 Å². The summed E-state index contributed by atoms with van der Waals surface area (Å²) < 4.78 is 5.91. The molecule has 20 heavy (non-hydrogen) atoms. The van der Waals surface area contributed by atoms with Crippen molar-refractivity contribution in [3.8, 4) is 0 Å². The first-order valence-corrected chi connectivity index (χ1v) is 7.34. The predicted octanol–water partition coefficient (Wildman–Crippen LogP) is 2.58. The van der Waals surface area contributed by atoms with E-state index in [9.17, 15) is 0 Å². The minimum atomic E-state index is 0.233. The highest BCUT2D eigenvalue weighted by Crippen LogP contribution is 2.33. The number of rotatable bonds is 2. The second-order valence-electron chi connectivity index (χ2n) is 5.46. The topological polar surface area (TPSA) is 54.2 Å². The SMILES string of the molecule is c1ccc2c(c1)CCCN2c1nnc(C2CCCN2)o1. The molecule has 4 rings (SSSR count). The number of hydrogen-bond donors (Lipinski definition) is 1. The summed E-state index contributed by atoms with van der Waals surface area (Å²) in [6, 6.07) is 9.32. The predicted molar refractivity (Wildman–Crippen MR) is 76.0 cm³/mol. The molecule has 1 atom stereocenters. The molecule has 0 radical (unpaired) electrons. The van der Waals surface area contributed by atoms with E-state index in [1.54, 1.807) is 0 Å². The average molecular weight is 270 g/mol. The highest BCUT2D eigenvalue weighted by molar-refractivity contribution is 5.62. The van der Waals surface area contributed by atoms with Gasteiger partial charge in [-0.25, -0.2) is 0 Å². The van der Waals surface area contributed by atoms with E-state index in [0.717, 1.165) is 38.2 Å². The van der Waals surface area contributed by atoms with Crippen molar-refractivity contribution >= 4 is 11.7 Å². The monoisotopic (exact) mass is 270 g/mol. The summed E-state index contributed by atoms with van der Waals surface area (Å²) in [4.78, 5) is 2.14. The zero-order valence-corrected chi connectivity index (χ0v) is 11.4. The molecule has 0 spiro atoms. The van der Waals surface area contributed by atoms with Crippen molar-refractivity contribution in [3.05, 3.63) is 35.7 Å². The molecule has 3 heterocycles. The first-order valence-electron chi connectivity index (χ1n) is 7.34. The van der Waals surface area contributed by atoms with Crippen LogP contribution in [0.25, 0.3) is 0 Å². The lowest BCUT2D eigenvalue weighted by Gasteiger charge is -2.27. The fourth-order valence-corrected chi connectivity index (χ4v) is 3.10. The molecule has 0 bridgehead atoms. The van der Waals surface area contributed by atoms with Gasteiger partial charge in [-0.1, -0.05) is 23.3 Å². The van der Waals surface area contributed by atoms with E-state index >= 15 is 0 Å². The van der Waals surface area contributed by atoms with Gasteiger partial charge in [-0.2, -0.15) is 0 Å². The van der Waals surface area contributed by atoms with Crippen LogP contribution in [0.5, 0.6) is 0 Å². The van der Waals surface area contributed by atoms with E-state index in [4.69, 9.17) is 4.42 Å². The van der Waals surface area contributed by atoms with Gasteiger partial charge in [0, 0.05) is 12.2 Å². The van der Waals surface area contributed by atoms with E-state index in [2.05, 4.69) is 44.7 Å². The number of nitrogens with zero attached hydrogens (tertiary/aromatic N) is 3. The number of benzene rings is 1. The molecule has 1 saturated heterocycles. The third kappa shape index (κ3) is 1.98. The van der Waals surface area contributed by atoms with E-state index in [1.807, 2.05) is 0 Å². The van der Waals surface area contributed by atoms with Crippen LogP contribution < -0.4 is 10.2 Å². The lowest BCUT2D eigenvalue weighted by Crippen LogP contribution is -2.24. The molecule has 5 heteroatoms. The summed E-state index contributed by atoms with van der Waals surface area (Å²) in [5.41, 5.74) is 2.56. The summed E-state index contributed by atoms with van der Waals surface area (Å²) in [5.74, 6) is 0.723. The number of hydrogen-bond acceptors (Lipinski definition) is 5. The molecule has 0 amide bonds. The minimum Gasteiger partial charge on any atom is -0.406 e. The lowest BCUT2D eigenvalue weighted by atomic mass is 10.0. The van der Waals surface area contributed by atoms with Crippen molar-refractivity contribution in [2.24, 2.45) is 0 Å². The molecule has 1 N–H and O–H groups in total. The van der Waals surface area contributed by atoms with E-state index < -0.39 is 0 Å². The van der Waals surface area contributed by atoms with Crippen molar-refractivity contribution in [3.63, 3.8) is 0 Å². The van der Waals surface area contributed by atoms with Crippen molar-refractivity contribution in [1.82, 2.24) is 15.5 Å². The van der Waals surface area contributed by atoms with Crippen LogP contribution in [0.4, 0.5) is 11.7 Å². The Morgan fingerprint density at radius 3 is 3.05 bits per heavy atom. The molecule has 1 aromatic carbocycles. The number of fused-ring (bicyclic) bond motifs is 1. The van der Waals surface area contributed by atoms with Gasteiger partial charge < -0.3 is 9.73 Å². The van der Waals surface area contributed by atoms with Crippen molar-refractivity contribution in [2.45, 2.75) is 31.7 Å². The smallest absolute Gasteiger partial charge is 0.322 e. The van der Waals surface area contributed by atoms with Crippen LogP contribution in [-0.4, -0.2) is 23.3 Å². The van der Waals surface area contributed by atoms with Gasteiger partial charge in [0.25, 0.3) is 0 Å². The first kappa shape index (κ1) is 11.9. The summed E-state index contributed by atoms with van der Waals surface area (Å²) in [6.45, 7) is 1.98. The average Bonchev–Trinajstić information content (AvgIpc) is 3.17. The van der Waals surface area contributed by atoms with E-state index in [-0.39, 0.29) is 6.04 Å². The van der Waals surface area contributed by atoms with Gasteiger partial charge in [0.1, 0.15) is 0 Å². The Balaban J connectivity index is 1.65. The molecule has 2 aliphatic heterocycles. The van der Waals surface area contributed by atoms with Gasteiger partial charge >= 0.3 is 6.01 Å². The summed E-state index contributed by atoms with van der Waals surface area (Å²) in [5, 5.41) is 11.9. The van der Waals surface area contributed by atoms with Crippen LogP contribution in [0.2, 0.25) is 0 Å². The van der Waals surface area contributed by atoms with Gasteiger partial charge in [-0.05, 0) is 43.9 Å². The van der Waals surface area contributed by atoms with Crippen molar-refractivity contribution < 1.29 is 4.42 Å². The van der Waals surface area contributed by atoms with Gasteiger partial charge in [-0.15, -0.1) is 5.10 Å². The van der Waals surface area contributed by atoms with Crippen LogP contribution >= 0.6 is 0 Å². The molecule has 104 valence electrons. The molecule has 0 aliphatic carbocycles. The standard InChI is InChI=1S/C15H18N4O/c1-2-8-13-11(5-1)6-4-10-19(13)15-18-17-14(20-15)12-7-3-9-16-12/h1-2,5,8,12,16H,3-4,6-7,9-10H2. The van der Waals surface area contributed by atoms with Gasteiger partial charge in [-0.3, -0.25) is 4.90 Å². The molecular weight excluding hydrogens is 252 g/mol. The molecule has 5 nitrogen and oxygen atoms in total. The third-order valence-corrected chi connectivity index (χ3v) is 4.13. The van der Waals surface area contributed by atoms with Gasteiger partial charge in [0.05, 0.1) is 6.04 Å². The molecule has 1 aromatic heterocycles. The highest BCUT2D eigenvalue weighted by Gasteiger charge is 2.26. The van der Waals surface area contributed by atoms with Crippen LogP contribution in [0.15, 0.2) is 28.7 Å². The summed E-state index contributed by atoms with van der Waals surface area (Å²) in [7, 11) is 0. The molecule has 2 aromatic rings. The molecule has 1 unspecified atom stereocenters. The van der Waals surface area contributed by atoms with Gasteiger partial charge in [0.15, 0.2) is 0 Å². The zero-order valence-electron chi connectivity index (χ0n) is 11.4. The first-order chi connectivity index (χ1) is 9.92. The quantitative estimate of drug-likeness (QED) is 0.909. The number of nitrogens with one attached hydrogen (secondary N) is 1. The normalized spacial score (nSPS) is 22.0. The fourth-order valence-electron chi connectivity index (χ4n) is 3.10. The van der Waals surface area contributed by atoms with Gasteiger partial charge in [0.2, 0.25) is 5.89 Å². The Labute approximate surface area is 118 Å². The number of aryl methyl sites for hydroxylation is 1. The number of anilines is 2. The molecular formula is C15H18N4O. The van der Waals surface area contributed by atoms with E-state index in [0.29, 0.717) is 6.01 Å². The molecule has 2 aliphatic rings. The van der Waals surface area contributed by atoms with Crippen LogP contribution in [0, 0.1) is 0 Å². The maximum absolute atomic E-state index is 5.91. The minimum absolute atomic E-state index is 0.233. The Bertz CT molecular complexity index is 603. The van der Waals surface area contributed by atoms with Crippen LogP contribution in [0.1, 0.15) is 36.8 Å². The third-order valence-electron chi connectivity index (χ3n) is 4.13. The Hall–Kier alpha value is -1.88. The Kier molecular flexibility index (Phi) is 2.92. The number of aromatic nitrogens is 2. The molecule has 0 saturated carbocycles. The lowest BCUT2D eigenvalue weighted by molar-refractivity contribution is 0.430. The highest BCUT2D eigenvalue weighted by atomic mass is 16.4. The van der Waals surface area contributed by atoms with E-state index in [1.165, 1.54) is 17.7 Å². The second kappa shape index (κ2) is 4.90. The Morgan fingerprint density at radius 1 is 1.20 bits per heavy atom. The van der Waals surface area contributed by atoms with Crippen molar-refractivity contribution in [1.29, 1.82) is 0 Å². The molecule has 1 fully saturated rings. The number of para-hydroxylation sites is 1. The maximum atomic E-state index is 5.91. The fraction of sp³-hybridized carbons (Fsp3) is 0.467. The summed E-state index contributed by atoms with van der Waals surface area (Å²) >= 11 is 0. The van der Waals surface area contributed by atoms with Crippen LogP contribution in [0.3, 0.4) is 0 Å².